The van der Waals surface area contributed by atoms with Crippen molar-refractivity contribution in [1.29, 1.82) is 5.26 Å². The molecule has 64 heavy (non-hydrogen) atoms. The molecule has 22 heteroatoms. The lowest BCUT2D eigenvalue weighted by atomic mass is 10.3. The third-order valence-corrected chi connectivity index (χ3v) is 7.16. The Labute approximate surface area is 362 Å². The van der Waals surface area contributed by atoms with E-state index in [4.69, 9.17) is 54.6 Å². The average Bonchev–Trinajstić information content (AvgIpc) is 3.28. The first-order valence-electron chi connectivity index (χ1n) is 18.2. The minimum absolute atomic E-state index is 0.146. The summed E-state index contributed by atoms with van der Waals surface area (Å²) in [6.45, 7) is -2.61. The number of hydrogen-bond donors (Lipinski definition) is 2. The molecule has 0 aromatic heterocycles. The fraction of sp³-hybridized carbons (Fsp3) is 0.190. The van der Waals surface area contributed by atoms with Crippen molar-refractivity contribution < 1.29 is 85.8 Å². The van der Waals surface area contributed by atoms with Crippen molar-refractivity contribution in [2.24, 2.45) is 4.99 Å². The van der Waals surface area contributed by atoms with E-state index in [1.165, 1.54) is 85.1 Å². The number of rotatable bonds is 20. The zero-order valence-electron chi connectivity index (χ0n) is 33.3. The molecule has 0 aliphatic carbocycles. The van der Waals surface area contributed by atoms with Gasteiger partial charge in [-0.05, 0) is 97.1 Å². The third kappa shape index (κ3) is 20.7. The van der Waals surface area contributed by atoms with Gasteiger partial charge in [0.2, 0.25) is 6.08 Å². The van der Waals surface area contributed by atoms with E-state index in [2.05, 4.69) is 9.73 Å². The topological polar surface area (TPSA) is 325 Å². The lowest BCUT2D eigenvalue weighted by Gasteiger charge is -2.07. The monoisotopic (exact) mass is 884 g/mol. The van der Waals surface area contributed by atoms with Gasteiger partial charge >= 0.3 is 47.8 Å². The number of carbonyl (C=O) groups excluding carboxylic acids is 9. The third-order valence-electron chi connectivity index (χ3n) is 7.16. The predicted molar refractivity (Wildman–Crippen MR) is 213 cm³/mol. The molecule has 0 saturated heterocycles. The van der Waals surface area contributed by atoms with Crippen molar-refractivity contribution in [3.63, 3.8) is 0 Å². The number of benzene rings is 4. The van der Waals surface area contributed by atoms with Crippen LogP contribution in [0, 0.1) is 11.5 Å². The molecule has 4 rings (SSSR count). The van der Waals surface area contributed by atoms with Gasteiger partial charge in [-0.3, -0.25) is 19.2 Å². The summed E-state index contributed by atoms with van der Waals surface area (Å²) in [6, 6.07) is 23.3. The van der Waals surface area contributed by atoms with Gasteiger partial charge < -0.3 is 54.1 Å². The molecule has 0 aliphatic heterocycles. The second-order valence-electron chi connectivity index (χ2n) is 12.0. The van der Waals surface area contributed by atoms with Crippen LogP contribution in [-0.4, -0.2) is 80.3 Å². The zero-order valence-corrected chi connectivity index (χ0v) is 33.3. The molecule has 0 amide bonds. The summed E-state index contributed by atoms with van der Waals surface area (Å²) in [7, 11) is 0. The maximum atomic E-state index is 11.7. The lowest BCUT2D eigenvalue weighted by molar-refractivity contribution is -0.157. The van der Waals surface area contributed by atoms with E-state index in [9.17, 15) is 43.2 Å². The molecular formula is C42H36N4O18. The van der Waals surface area contributed by atoms with Crippen LogP contribution in [0.25, 0.3) is 0 Å². The summed E-state index contributed by atoms with van der Waals surface area (Å²) in [4.78, 5) is 107. The van der Waals surface area contributed by atoms with Gasteiger partial charge in [-0.25, -0.2) is 24.0 Å². The fourth-order valence-corrected chi connectivity index (χ4v) is 4.24. The molecule has 332 valence electrons. The molecule has 0 spiro atoms. The molecule has 0 radical (unpaired) electrons. The number of anilines is 2. The van der Waals surface area contributed by atoms with Crippen LogP contribution >= 0.6 is 0 Å². The van der Waals surface area contributed by atoms with Gasteiger partial charge in [0, 0.05) is 11.4 Å². The standard InChI is InChI=1S/C22H16N2O10.C20H20N2O8/c23-13-32-16-5-7-18(8-6-16)34-22(29)12-31-20(27)10-9-19(26)30-11-21(28)33-17-3-1-15(2-4-17)24-14-25;21-13-1-5-15(6-2-13)29-19(25)11-27-17(23)9-10-18(24)28-12-20(26)30-16-7-3-14(22)4-8-16/h1-8H,9-12H2;1-8H,9-12,21-22H2. The summed E-state index contributed by atoms with van der Waals surface area (Å²) < 4.78 is 43.2. The average molecular weight is 885 g/mol. The number of nitrogens with two attached hydrogens (primary N) is 2. The summed E-state index contributed by atoms with van der Waals surface area (Å²) in [6.07, 6.45) is 1.42. The number of nitrogen functional groups attached to an aromatic ring is 2. The number of esters is 8. The molecule has 0 atom stereocenters. The van der Waals surface area contributed by atoms with E-state index in [0.717, 1.165) is 0 Å². The highest BCUT2D eigenvalue weighted by atomic mass is 16.6. The van der Waals surface area contributed by atoms with Crippen molar-refractivity contribution in [3.05, 3.63) is 97.1 Å². The van der Waals surface area contributed by atoms with E-state index in [-0.39, 0.29) is 54.4 Å². The summed E-state index contributed by atoms with van der Waals surface area (Å²) in [5.41, 5.74) is 12.4. The Bertz CT molecular complexity index is 2260. The molecule has 0 fully saturated rings. The van der Waals surface area contributed by atoms with Crippen molar-refractivity contribution in [1.82, 2.24) is 0 Å². The van der Waals surface area contributed by atoms with E-state index in [1.54, 1.807) is 24.3 Å². The van der Waals surface area contributed by atoms with Crippen molar-refractivity contribution in [2.75, 3.05) is 37.9 Å². The number of hydrogen-bond acceptors (Lipinski definition) is 22. The first-order valence-corrected chi connectivity index (χ1v) is 18.2. The first kappa shape index (κ1) is 49.3. The smallest absolute Gasteiger partial charge is 0.349 e. The molecule has 0 aliphatic rings. The Balaban J connectivity index is 0.000000343. The van der Waals surface area contributed by atoms with Gasteiger partial charge in [0.25, 0.3) is 6.26 Å². The molecule has 0 bridgehead atoms. The Morgan fingerprint density at radius 3 is 0.969 bits per heavy atom. The molecular weight excluding hydrogens is 848 g/mol. The SMILES string of the molecule is N#COc1ccc(OC(=O)COC(=O)CCC(=O)OCC(=O)Oc2ccc(N=C=O)cc2)cc1.Nc1ccc(OC(=O)COC(=O)CCC(=O)OCC(=O)Oc2ccc(N)cc2)cc1. The quantitative estimate of drug-likeness (QED) is 0.0245. The fourth-order valence-electron chi connectivity index (χ4n) is 4.24. The van der Waals surface area contributed by atoms with Crippen LogP contribution < -0.4 is 35.2 Å². The molecule has 22 nitrogen and oxygen atoms in total. The highest BCUT2D eigenvalue weighted by Gasteiger charge is 2.16. The number of isocyanates is 1. The predicted octanol–water partition coefficient (Wildman–Crippen LogP) is 3.12. The summed E-state index contributed by atoms with van der Waals surface area (Å²) >= 11 is 0. The van der Waals surface area contributed by atoms with Crippen LogP contribution in [-0.2, 0) is 62.1 Å². The maximum Gasteiger partial charge on any atom is 0.349 e. The minimum Gasteiger partial charge on any atom is -0.454 e. The molecule has 0 saturated carbocycles. The Morgan fingerprint density at radius 1 is 0.422 bits per heavy atom. The van der Waals surface area contributed by atoms with Crippen LogP contribution in [0.5, 0.6) is 28.7 Å². The minimum atomic E-state index is -0.863. The highest BCUT2D eigenvalue weighted by Crippen LogP contribution is 2.19. The normalized spacial score (nSPS) is 9.73. The van der Waals surface area contributed by atoms with E-state index in [1.807, 2.05) is 0 Å². The van der Waals surface area contributed by atoms with E-state index in [0.29, 0.717) is 17.1 Å². The number of ether oxygens (including phenoxy) is 9. The lowest BCUT2D eigenvalue weighted by Crippen LogP contribution is -2.21. The number of nitriles is 1. The highest BCUT2D eigenvalue weighted by molar-refractivity contribution is 5.83. The first-order chi connectivity index (χ1) is 30.7. The van der Waals surface area contributed by atoms with Crippen molar-refractivity contribution >= 4 is 70.9 Å². The van der Waals surface area contributed by atoms with Crippen LogP contribution in [0.4, 0.5) is 17.1 Å². The second-order valence-corrected chi connectivity index (χ2v) is 12.0. The Hall–Kier alpha value is -9.09. The van der Waals surface area contributed by atoms with Crippen LogP contribution in [0.3, 0.4) is 0 Å². The van der Waals surface area contributed by atoms with Crippen molar-refractivity contribution in [3.8, 4) is 35.0 Å². The van der Waals surface area contributed by atoms with Gasteiger partial charge in [0.15, 0.2) is 26.4 Å². The largest absolute Gasteiger partial charge is 0.454 e. The van der Waals surface area contributed by atoms with Crippen molar-refractivity contribution in [2.45, 2.75) is 25.7 Å². The van der Waals surface area contributed by atoms with E-state index >= 15 is 0 Å². The number of aliphatic imine (C=N–C) groups is 1. The van der Waals surface area contributed by atoms with Crippen LogP contribution in [0.1, 0.15) is 25.7 Å². The molecule has 4 N–H and O–H groups in total. The van der Waals surface area contributed by atoms with Gasteiger partial charge in [0.1, 0.15) is 28.7 Å². The van der Waals surface area contributed by atoms with Crippen LogP contribution in [0.2, 0.25) is 0 Å². The second kappa shape index (κ2) is 26.9. The number of carbonyl (C=O) groups is 8. The Kier molecular flexibility index (Phi) is 20.7. The zero-order chi connectivity index (χ0) is 46.7. The summed E-state index contributed by atoms with van der Waals surface area (Å²) in [5, 5.41) is 8.40. The van der Waals surface area contributed by atoms with Gasteiger partial charge in [-0.1, -0.05) is 0 Å². The molecule has 0 unspecified atom stereocenters. The Morgan fingerprint density at radius 2 is 0.688 bits per heavy atom. The molecule has 0 heterocycles. The molecule has 4 aromatic carbocycles. The van der Waals surface area contributed by atoms with Gasteiger partial charge in [0.05, 0.1) is 31.4 Å². The summed E-state index contributed by atoms with van der Waals surface area (Å²) in [5.74, 6) is -5.57. The van der Waals surface area contributed by atoms with Crippen LogP contribution in [0.15, 0.2) is 102 Å². The maximum absolute atomic E-state index is 11.7. The number of nitrogens with zero attached hydrogens (tertiary/aromatic N) is 2. The molecule has 4 aromatic rings. The van der Waals surface area contributed by atoms with Gasteiger partial charge in [-0.2, -0.15) is 4.99 Å². The van der Waals surface area contributed by atoms with E-state index < -0.39 is 74.2 Å². The van der Waals surface area contributed by atoms with Gasteiger partial charge in [-0.15, -0.1) is 5.26 Å².